The Morgan fingerprint density at radius 2 is 2.25 bits per heavy atom. The summed E-state index contributed by atoms with van der Waals surface area (Å²) in [5.74, 6) is 0.637. The molecule has 3 aromatic heterocycles. The fraction of sp³-hybridized carbons (Fsp3) is 0.333. The third-order valence-corrected chi connectivity index (χ3v) is 3.85. The Labute approximate surface area is 118 Å². The van der Waals surface area contributed by atoms with E-state index in [9.17, 15) is 4.79 Å². The molecule has 0 aliphatic rings. The van der Waals surface area contributed by atoms with Gasteiger partial charge < -0.3 is 4.98 Å². The average molecular weight is 291 g/mol. The van der Waals surface area contributed by atoms with Crippen molar-refractivity contribution in [2.24, 2.45) is 0 Å². The largest absolute Gasteiger partial charge is 0.308 e. The minimum Gasteiger partial charge on any atom is -0.308 e. The first-order valence-electron chi connectivity index (χ1n) is 6.06. The molecular formula is C12H13N5O2S. The summed E-state index contributed by atoms with van der Waals surface area (Å²) in [5, 5.41) is 9.44. The Morgan fingerprint density at radius 1 is 1.40 bits per heavy atom. The molecule has 0 amide bonds. The molecule has 104 valence electrons. The predicted octanol–water partition coefficient (Wildman–Crippen LogP) is 1.31. The van der Waals surface area contributed by atoms with E-state index in [2.05, 4.69) is 24.9 Å². The molecule has 3 aromatic rings. The monoisotopic (exact) mass is 291 g/mol. The van der Waals surface area contributed by atoms with Crippen LogP contribution < -0.4 is 5.56 Å². The minimum atomic E-state index is -0.0901. The van der Waals surface area contributed by atoms with Gasteiger partial charge in [-0.2, -0.15) is 0 Å². The highest BCUT2D eigenvalue weighted by Crippen LogP contribution is 2.14. The number of hydrogen-bond donors (Lipinski definition) is 1. The highest BCUT2D eigenvalue weighted by atomic mass is 32.1. The van der Waals surface area contributed by atoms with E-state index >= 15 is 0 Å². The number of rotatable bonds is 4. The van der Waals surface area contributed by atoms with E-state index in [1.807, 2.05) is 30.3 Å². The number of aromatic nitrogens is 4. The molecular weight excluding hydrogens is 278 g/mol. The van der Waals surface area contributed by atoms with Crippen LogP contribution in [0.5, 0.6) is 0 Å². The van der Waals surface area contributed by atoms with Gasteiger partial charge in [-0.25, -0.2) is 9.61 Å². The van der Waals surface area contributed by atoms with Gasteiger partial charge in [-0.3, -0.25) is 9.69 Å². The Morgan fingerprint density at radius 3 is 3.00 bits per heavy atom. The number of nitrogens with zero attached hydrogens (tertiary/aromatic N) is 4. The fourth-order valence-electron chi connectivity index (χ4n) is 1.96. The summed E-state index contributed by atoms with van der Waals surface area (Å²) in [7, 11) is 1.92. The summed E-state index contributed by atoms with van der Waals surface area (Å²) in [5.41, 5.74) is 2.20. The first kappa shape index (κ1) is 12.9. The summed E-state index contributed by atoms with van der Waals surface area (Å²) >= 11 is 1.40. The van der Waals surface area contributed by atoms with Crippen LogP contribution in [0.4, 0.5) is 0 Å². The molecule has 8 heteroatoms. The van der Waals surface area contributed by atoms with E-state index in [4.69, 9.17) is 0 Å². The van der Waals surface area contributed by atoms with Crippen molar-refractivity contribution in [2.45, 2.75) is 20.0 Å². The van der Waals surface area contributed by atoms with Crippen molar-refractivity contribution in [3.8, 4) is 0 Å². The number of aromatic amines is 1. The summed E-state index contributed by atoms with van der Waals surface area (Å²) < 4.78 is 5.32. The molecule has 0 saturated carbocycles. The molecule has 20 heavy (non-hydrogen) atoms. The van der Waals surface area contributed by atoms with Gasteiger partial charge in [0.05, 0.1) is 12.1 Å². The Bertz CT molecular complexity index is 790. The van der Waals surface area contributed by atoms with Crippen LogP contribution >= 0.6 is 11.3 Å². The van der Waals surface area contributed by atoms with Crippen molar-refractivity contribution in [1.82, 2.24) is 25.2 Å². The van der Waals surface area contributed by atoms with Crippen LogP contribution in [0, 0.1) is 6.92 Å². The van der Waals surface area contributed by atoms with E-state index in [0.717, 1.165) is 16.9 Å². The number of fused-ring (bicyclic) bond motifs is 1. The molecule has 0 spiro atoms. The number of H-pyrrole nitrogens is 1. The maximum atomic E-state index is 11.9. The van der Waals surface area contributed by atoms with Crippen molar-refractivity contribution in [1.29, 1.82) is 0 Å². The summed E-state index contributed by atoms with van der Waals surface area (Å²) in [6.45, 7) is 2.95. The van der Waals surface area contributed by atoms with Crippen LogP contribution in [0.3, 0.4) is 0 Å². The third kappa shape index (κ3) is 2.47. The van der Waals surface area contributed by atoms with Crippen molar-refractivity contribution >= 4 is 21.6 Å². The third-order valence-electron chi connectivity index (χ3n) is 2.95. The topological polar surface area (TPSA) is 87.9 Å². The van der Waals surface area contributed by atoms with Crippen molar-refractivity contribution in [3.63, 3.8) is 0 Å². The molecule has 0 unspecified atom stereocenters. The van der Waals surface area contributed by atoms with Crippen LogP contribution in [0.15, 0.2) is 20.9 Å². The highest BCUT2D eigenvalue weighted by molar-refractivity contribution is 7.17. The highest BCUT2D eigenvalue weighted by Gasteiger charge is 2.11. The smallest absolute Gasteiger partial charge is 0.268 e. The number of nitrogens with one attached hydrogen (secondary N) is 1. The molecule has 0 radical (unpaired) electrons. The molecule has 0 bridgehead atoms. The van der Waals surface area contributed by atoms with Crippen LogP contribution in [0.25, 0.3) is 10.2 Å². The summed E-state index contributed by atoms with van der Waals surface area (Å²) in [4.78, 5) is 21.1. The molecule has 1 N–H and O–H groups in total. The minimum absolute atomic E-state index is 0.0901. The lowest BCUT2D eigenvalue weighted by molar-refractivity contribution is 0.276. The van der Waals surface area contributed by atoms with Gasteiger partial charge in [0.2, 0.25) is 0 Å². The van der Waals surface area contributed by atoms with E-state index in [1.54, 1.807) is 0 Å². The van der Waals surface area contributed by atoms with E-state index in [1.165, 1.54) is 11.3 Å². The van der Waals surface area contributed by atoms with E-state index in [-0.39, 0.29) is 5.56 Å². The van der Waals surface area contributed by atoms with Gasteiger partial charge >= 0.3 is 0 Å². The van der Waals surface area contributed by atoms with Crippen LogP contribution in [0.2, 0.25) is 0 Å². The zero-order valence-corrected chi connectivity index (χ0v) is 11.9. The Kier molecular flexibility index (Phi) is 3.33. The van der Waals surface area contributed by atoms with Crippen LogP contribution in [-0.4, -0.2) is 32.2 Å². The molecule has 7 nitrogen and oxygen atoms in total. The molecule has 0 aromatic carbocycles. The number of hydrogen-bond acceptors (Lipinski definition) is 7. The van der Waals surface area contributed by atoms with Gasteiger partial charge in [0.25, 0.3) is 5.56 Å². The predicted molar refractivity (Wildman–Crippen MR) is 74.4 cm³/mol. The van der Waals surface area contributed by atoms with Crippen LogP contribution in [-0.2, 0) is 13.1 Å². The number of aryl methyl sites for hydroxylation is 1. The molecule has 0 fully saturated rings. The second kappa shape index (κ2) is 5.14. The van der Waals surface area contributed by atoms with Crippen molar-refractivity contribution in [2.75, 3.05) is 7.05 Å². The van der Waals surface area contributed by atoms with Gasteiger partial charge in [0.1, 0.15) is 21.9 Å². The maximum Gasteiger partial charge on any atom is 0.268 e. The second-order valence-corrected chi connectivity index (χ2v) is 5.53. The van der Waals surface area contributed by atoms with Crippen molar-refractivity contribution in [3.05, 3.63) is 39.0 Å². The van der Waals surface area contributed by atoms with Gasteiger partial charge in [-0.15, -0.1) is 11.3 Å². The van der Waals surface area contributed by atoms with Gasteiger partial charge in [-0.05, 0) is 25.4 Å². The average Bonchev–Trinajstić information content (AvgIpc) is 2.99. The Balaban J connectivity index is 1.78. The van der Waals surface area contributed by atoms with E-state index in [0.29, 0.717) is 23.6 Å². The first-order valence-corrected chi connectivity index (χ1v) is 6.94. The standard InChI is InChI=1S/C12H13N5O2S/c1-7-9(16-19-15-7)5-17(2)6-10-13-8-3-4-20-11(8)12(18)14-10/h3-4H,5-6H2,1-2H3,(H,13,14,18). The lowest BCUT2D eigenvalue weighted by Gasteiger charge is -2.14. The fourth-order valence-corrected chi connectivity index (χ4v) is 2.68. The molecule has 3 heterocycles. The normalized spacial score (nSPS) is 11.6. The summed E-state index contributed by atoms with van der Waals surface area (Å²) in [6, 6.07) is 1.85. The van der Waals surface area contributed by atoms with Gasteiger partial charge in [0, 0.05) is 6.54 Å². The zero-order chi connectivity index (χ0) is 14.1. The molecule has 0 saturated heterocycles. The maximum absolute atomic E-state index is 11.9. The lowest BCUT2D eigenvalue weighted by Crippen LogP contribution is -2.22. The molecule has 3 rings (SSSR count). The summed E-state index contributed by atoms with van der Waals surface area (Å²) in [6.07, 6.45) is 0. The molecule has 0 atom stereocenters. The quantitative estimate of drug-likeness (QED) is 0.779. The molecule has 0 aliphatic heterocycles. The molecule has 0 aliphatic carbocycles. The SMILES string of the molecule is Cc1nonc1CN(C)Cc1nc2ccsc2c(=O)[nH]1. The number of thiophene rings is 1. The first-order chi connectivity index (χ1) is 9.63. The van der Waals surface area contributed by atoms with E-state index < -0.39 is 0 Å². The van der Waals surface area contributed by atoms with Crippen molar-refractivity contribution < 1.29 is 4.63 Å². The second-order valence-electron chi connectivity index (χ2n) is 4.62. The Hall–Kier alpha value is -2.06. The zero-order valence-electron chi connectivity index (χ0n) is 11.1. The van der Waals surface area contributed by atoms with Crippen LogP contribution in [0.1, 0.15) is 17.2 Å². The lowest BCUT2D eigenvalue weighted by atomic mass is 10.3. The van der Waals surface area contributed by atoms with Gasteiger partial charge in [-0.1, -0.05) is 10.3 Å². The van der Waals surface area contributed by atoms with Gasteiger partial charge in [0.15, 0.2) is 0 Å².